The maximum absolute atomic E-state index is 13.2. The first kappa shape index (κ1) is 16.9. The van der Waals surface area contributed by atoms with Gasteiger partial charge in [-0.3, -0.25) is 9.79 Å². The molecule has 1 spiro atoms. The number of nitrogens with zero attached hydrogens (tertiary/aromatic N) is 3. The van der Waals surface area contributed by atoms with Crippen molar-refractivity contribution >= 4 is 35.1 Å². The lowest BCUT2D eigenvalue weighted by molar-refractivity contribution is -0.124. The number of hydrogen-bond donors (Lipinski definition) is 2. The molecular weight excluding hydrogens is 326 g/mol. The number of halogens is 1. The molecule has 0 bridgehead atoms. The zero-order valence-corrected chi connectivity index (χ0v) is 14.8. The average Bonchev–Trinajstić information content (AvgIpc) is 2.74. The molecule has 1 amide bonds. The molecule has 0 aromatic heterocycles. The SMILES string of the molecule is CN=C/C(=N\N)[C@@H]1CC2(C[C@H](C)N1)C(=O)N(C)c1cc(Cl)ccc12. The van der Waals surface area contributed by atoms with Gasteiger partial charge in [-0.2, -0.15) is 5.10 Å². The molecule has 2 aliphatic rings. The van der Waals surface area contributed by atoms with Crippen LogP contribution in [-0.2, 0) is 10.2 Å². The maximum Gasteiger partial charge on any atom is 0.237 e. The van der Waals surface area contributed by atoms with Crippen molar-refractivity contribution in [3.8, 4) is 0 Å². The molecule has 0 saturated carbocycles. The highest BCUT2D eigenvalue weighted by Crippen LogP contribution is 2.49. The van der Waals surface area contributed by atoms with Gasteiger partial charge in [0.15, 0.2) is 0 Å². The molecule has 1 unspecified atom stereocenters. The second kappa shape index (κ2) is 6.18. The van der Waals surface area contributed by atoms with Gasteiger partial charge in [-0.05, 0) is 37.5 Å². The second-order valence-electron chi connectivity index (χ2n) is 6.58. The van der Waals surface area contributed by atoms with Gasteiger partial charge in [-0.15, -0.1) is 0 Å². The van der Waals surface area contributed by atoms with Crippen molar-refractivity contribution < 1.29 is 4.79 Å². The van der Waals surface area contributed by atoms with Crippen molar-refractivity contribution in [1.82, 2.24) is 5.32 Å². The molecule has 2 aliphatic heterocycles. The van der Waals surface area contributed by atoms with Crippen LogP contribution in [0.5, 0.6) is 0 Å². The number of nitrogens with two attached hydrogens (primary N) is 1. The first-order valence-electron chi connectivity index (χ1n) is 7.97. The first-order valence-corrected chi connectivity index (χ1v) is 8.35. The van der Waals surface area contributed by atoms with E-state index >= 15 is 0 Å². The van der Waals surface area contributed by atoms with Crippen molar-refractivity contribution in [1.29, 1.82) is 0 Å². The molecule has 1 aromatic carbocycles. The Kier molecular flexibility index (Phi) is 4.36. The van der Waals surface area contributed by atoms with E-state index in [1.54, 1.807) is 25.2 Å². The molecule has 7 heteroatoms. The molecular formula is C17H22ClN5O. The standard InChI is InChI=1S/C17H22ClN5O/c1-10-7-17(8-13(21-10)14(22-19)9-20-2)12-5-4-11(18)6-15(12)23(3)16(17)24/h4-6,9-10,13,21H,7-8,19H2,1-3H3/b20-9?,22-14+/t10-,13-,17?/m0/s1. The number of amides is 1. The van der Waals surface area contributed by atoms with Crippen LogP contribution < -0.4 is 16.1 Å². The molecule has 24 heavy (non-hydrogen) atoms. The number of likely N-dealkylation sites (N-methyl/N-ethyl adjacent to an activating group) is 1. The molecule has 0 aliphatic carbocycles. The van der Waals surface area contributed by atoms with E-state index in [9.17, 15) is 4.79 Å². The van der Waals surface area contributed by atoms with Crippen molar-refractivity contribution in [3.63, 3.8) is 0 Å². The smallest absolute Gasteiger partial charge is 0.237 e. The van der Waals surface area contributed by atoms with Gasteiger partial charge in [0.1, 0.15) is 0 Å². The summed E-state index contributed by atoms with van der Waals surface area (Å²) in [6.07, 6.45) is 2.97. The summed E-state index contributed by atoms with van der Waals surface area (Å²) in [5.41, 5.74) is 1.99. The Morgan fingerprint density at radius 3 is 2.92 bits per heavy atom. The van der Waals surface area contributed by atoms with Crippen LogP contribution >= 0.6 is 11.6 Å². The molecule has 3 atom stereocenters. The van der Waals surface area contributed by atoms with E-state index in [1.807, 2.05) is 18.2 Å². The monoisotopic (exact) mass is 347 g/mol. The van der Waals surface area contributed by atoms with E-state index in [2.05, 4.69) is 22.3 Å². The Balaban J connectivity index is 2.08. The molecule has 1 aromatic rings. The number of carbonyl (C=O) groups is 1. The van der Waals surface area contributed by atoms with E-state index in [4.69, 9.17) is 17.4 Å². The normalized spacial score (nSPS) is 30.4. The Hall–Kier alpha value is -1.92. The number of rotatable bonds is 2. The quantitative estimate of drug-likeness (QED) is 0.485. The summed E-state index contributed by atoms with van der Waals surface area (Å²) in [5.74, 6) is 5.64. The number of piperidine rings is 1. The van der Waals surface area contributed by atoms with Gasteiger partial charge in [-0.25, -0.2) is 0 Å². The number of benzene rings is 1. The summed E-state index contributed by atoms with van der Waals surface area (Å²) in [7, 11) is 3.48. The van der Waals surface area contributed by atoms with Crippen molar-refractivity contribution in [2.24, 2.45) is 15.9 Å². The Bertz CT molecular complexity index is 732. The minimum absolute atomic E-state index is 0.0999. The fraction of sp³-hybridized carbons (Fsp3) is 0.471. The number of aliphatic imine (C=N–C) groups is 1. The number of hydrogen-bond acceptors (Lipinski definition) is 5. The predicted molar refractivity (Wildman–Crippen MR) is 98.2 cm³/mol. The molecule has 128 valence electrons. The van der Waals surface area contributed by atoms with Gasteiger partial charge < -0.3 is 16.1 Å². The number of hydrazone groups is 1. The minimum Gasteiger partial charge on any atom is -0.323 e. The van der Waals surface area contributed by atoms with Gasteiger partial charge in [0.2, 0.25) is 5.91 Å². The van der Waals surface area contributed by atoms with Crippen LogP contribution in [0.25, 0.3) is 0 Å². The zero-order valence-electron chi connectivity index (χ0n) is 14.1. The van der Waals surface area contributed by atoms with Crippen LogP contribution in [0.15, 0.2) is 28.3 Å². The van der Waals surface area contributed by atoms with Crippen LogP contribution in [0.3, 0.4) is 0 Å². The van der Waals surface area contributed by atoms with E-state index in [1.165, 1.54) is 0 Å². The fourth-order valence-electron chi connectivity index (χ4n) is 4.08. The lowest BCUT2D eigenvalue weighted by Gasteiger charge is -2.41. The van der Waals surface area contributed by atoms with Crippen LogP contribution in [0, 0.1) is 0 Å². The third-order valence-corrected chi connectivity index (χ3v) is 5.25. The maximum atomic E-state index is 13.2. The predicted octanol–water partition coefficient (Wildman–Crippen LogP) is 1.71. The number of fused-ring (bicyclic) bond motifs is 2. The molecule has 3 N–H and O–H groups in total. The largest absolute Gasteiger partial charge is 0.323 e. The highest BCUT2D eigenvalue weighted by molar-refractivity contribution is 6.33. The minimum atomic E-state index is -0.582. The van der Waals surface area contributed by atoms with Crippen molar-refractivity contribution in [2.75, 3.05) is 19.0 Å². The number of carbonyl (C=O) groups excluding carboxylic acids is 1. The summed E-state index contributed by atoms with van der Waals surface area (Å²) in [6, 6.07) is 5.70. The van der Waals surface area contributed by atoms with Gasteiger partial charge in [0.05, 0.1) is 17.2 Å². The average molecular weight is 348 g/mol. The molecule has 1 saturated heterocycles. The summed E-state index contributed by atoms with van der Waals surface area (Å²) in [5, 5.41) is 7.98. The lowest BCUT2D eigenvalue weighted by Crippen LogP contribution is -2.57. The van der Waals surface area contributed by atoms with Crippen molar-refractivity contribution in [3.05, 3.63) is 28.8 Å². The summed E-state index contributed by atoms with van der Waals surface area (Å²) < 4.78 is 0. The summed E-state index contributed by atoms with van der Waals surface area (Å²) in [4.78, 5) is 18.9. The van der Waals surface area contributed by atoms with E-state index < -0.39 is 5.41 Å². The molecule has 6 nitrogen and oxygen atoms in total. The van der Waals surface area contributed by atoms with Crippen LogP contribution in [-0.4, -0.2) is 44.0 Å². The van der Waals surface area contributed by atoms with Crippen molar-refractivity contribution in [2.45, 2.75) is 37.3 Å². The topological polar surface area (TPSA) is 83.1 Å². The van der Waals surface area contributed by atoms with E-state index in [0.717, 1.165) is 17.7 Å². The van der Waals surface area contributed by atoms with Crippen LogP contribution in [0.2, 0.25) is 5.02 Å². The summed E-state index contributed by atoms with van der Waals surface area (Å²) >= 11 is 6.13. The number of nitrogens with one attached hydrogen (secondary N) is 1. The van der Waals surface area contributed by atoms with Crippen LogP contribution in [0.1, 0.15) is 25.3 Å². The highest BCUT2D eigenvalue weighted by atomic mass is 35.5. The third-order valence-electron chi connectivity index (χ3n) is 5.01. The third kappa shape index (κ3) is 2.50. The fourth-order valence-corrected chi connectivity index (χ4v) is 4.24. The summed E-state index contributed by atoms with van der Waals surface area (Å²) in [6.45, 7) is 2.08. The lowest BCUT2D eigenvalue weighted by atomic mass is 9.69. The van der Waals surface area contributed by atoms with E-state index in [0.29, 0.717) is 17.2 Å². The second-order valence-corrected chi connectivity index (χ2v) is 7.01. The Morgan fingerprint density at radius 1 is 1.50 bits per heavy atom. The zero-order chi connectivity index (χ0) is 17.5. The highest BCUT2D eigenvalue weighted by Gasteiger charge is 2.53. The van der Waals surface area contributed by atoms with E-state index in [-0.39, 0.29) is 18.0 Å². The molecule has 0 radical (unpaired) electrons. The number of anilines is 1. The van der Waals surface area contributed by atoms with Gasteiger partial charge in [0, 0.05) is 37.1 Å². The molecule has 1 fully saturated rings. The Labute approximate surface area is 146 Å². The van der Waals surface area contributed by atoms with Crippen LogP contribution in [0.4, 0.5) is 5.69 Å². The van der Waals surface area contributed by atoms with Gasteiger partial charge in [-0.1, -0.05) is 17.7 Å². The molecule has 3 rings (SSSR count). The van der Waals surface area contributed by atoms with Gasteiger partial charge in [0.25, 0.3) is 0 Å². The first-order chi connectivity index (χ1) is 11.4. The Morgan fingerprint density at radius 2 is 2.25 bits per heavy atom. The molecule has 2 heterocycles. The van der Waals surface area contributed by atoms with Gasteiger partial charge >= 0.3 is 0 Å².